The van der Waals surface area contributed by atoms with Gasteiger partial charge in [-0.1, -0.05) is 0 Å². The van der Waals surface area contributed by atoms with E-state index >= 15 is 0 Å². The SMILES string of the molecule is CC1OCCC1N(C)CC(=O)N(C)c1ccc(N)cc1. The van der Waals surface area contributed by atoms with Crippen LogP contribution in [-0.4, -0.2) is 50.2 Å². The Morgan fingerprint density at radius 1 is 1.35 bits per heavy atom. The molecule has 1 aromatic carbocycles. The van der Waals surface area contributed by atoms with Crippen LogP contribution < -0.4 is 10.6 Å². The molecule has 0 aliphatic carbocycles. The van der Waals surface area contributed by atoms with Gasteiger partial charge >= 0.3 is 0 Å². The van der Waals surface area contributed by atoms with Crippen LogP contribution in [0, 0.1) is 0 Å². The van der Waals surface area contributed by atoms with Crippen molar-refractivity contribution >= 4 is 17.3 Å². The molecule has 0 saturated carbocycles. The van der Waals surface area contributed by atoms with E-state index in [-0.39, 0.29) is 12.0 Å². The van der Waals surface area contributed by atoms with Crippen LogP contribution in [0.2, 0.25) is 0 Å². The number of hydrogen-bond donors (Lipinski definition) is 1. The highest BCUT2D eigenvalue weighted by Gasteiger charge is 2.29. The van der Waals surface area contributed by atoms with Crippen LogP contribution in [0.5, 0.6) is 0 Å². The van der Waals surface area contributed by atoms with E-state index in [1.807, 2.05) is 19.2 Å². The lowest BCUT2D eigenvalue weighted by Gasteiger charge is -2.28. The first kappa shape index (κ1) is 14.8. The molecule has 1 aliphatic heterocycles. The molecule has 0 aromatic heterocycles. The van der Waals surface area contributed by atoms with E-state index in [0.29, 0.717) is 18.3 Å². The lowest BCUT2D eigenvalue weighted by Crippen LogP contribution is -2.44. The number of nitrogens with zero attached hydrogens (tertiary/aromatic N) is 2. The van der Waals surface area contributed by atoms with E-state index < -0.39 is 0 Å². The number of benzene rings is 1. The summed E-state index contributed by atoms with van der Waals surface area (Å²) in [5.41, 5.74) is 7.21. The zero-order valence-electron chi connectivity index (χ0n) is 12.4. The normalized spacial score (nSPS) is 22.2. The van der Waals surface area contributed by atoms with Crippen LogP contribution in [0.3, 0.4) is 0 Å². The molecule has 0 bridgehead atoms. The first-order valence-electron chi connectivity index (χ1n) is 6.93. The molecule has 1 aromatic rings. The third-order valence-electron chi connectivity index (χ3n) is 3.94. The molecule has 2 N–H and O–H groups in total. The fourth-order valence-electron chi connectivity index (χ4n) is 2.58. The number of nitrogen functional groups attached to an aromatic ring is 1. The van der Waals surface area contributed by atoms with Gasteiger partial charge in [0.1, 0.15) is 0 Å². The first-order chi connectivity index (χ1) is 9.49. The Labute approximate surface area is 120 Å². The molecule has 2 atom stereocenters. The zero-order chi connectivity index (χ0) is 14.7. The summed E-state index contributed by atoms with van der Waals surface area (Å²) >= 11 is 0. The fraction of sp³-hybridized carbons (Fsp3) is 0.533. The maximum absolute atomic E-state index is 12.3. The van der Waals surface area contributed by atoms with Crippen LogP contribution >= 0.6 is 0 Å². The smallest absolute Gasteiger partial charge is 0.240 e. The van der Waals surface area contributed by atoms with Crippen LogP contribution in [0.25, 0.3) is 0 Å². The number of ether oxygens (including phenoxy) is 1. The molecule has 5 nitrogen and oxygen atoms in total. The number of nitrogens with two attached hydrogens (primary N) is 1. The van der Waals surface area contributed by atoms with Crippen LogP contribution in [-0.2, 0) is 9.53 Å². The number of amides is 1. The third kappa shape index (κ3) is 3.29. The molecule has 1 aliphatic rings. The molecule has 1 saturated heterocycles. The lowest BCUT2D eigenvalue weighted by atomic mass is 10.1. The zero-order valence-corrected chi connectivity index (χ0v) is 12.4. The molecule has 2 rings (SSSR count). The van der Waals surface area contributed by atoms with Crippen LogP contribution in [0.4, 0.5) is 11.4 Å². The Kier molecular flexibility index (Phi) is 4.62. The Balaban J connectivity index is 1.95. The minimum Gasteiger partial charge on any atom is -0.399 e. The number of carbonyl (C=O) groups excluding carboxylic acids is 1. The fourth-order valence-corrected chi connectivity index (χ4v) is 2.58. The summed E-state index contributed by atoms with van der Waals surface area (Å²) in [7, 11) is 3.76. The van der Waals surface area contributed by atoms with Gasteiger partial charge in [0.2, 0.25) is 5.91 Å². The summed E-state index contributed by atoms with van der Waals surface area (Å²) in [6, 6.07) is 7.63. The second kappa shape index (κ2) is 6.24. The molecule has 20 heavy (non-hydrogen) atoms. The number of carbonyl (C=O) groups is 1. The van der Waals surface area contributed by atoms with Gasteiger partial charge in [-0.2, -0.15) is 0 Å². The average molecular weight is 277 g/mol. The van der Waals surface area contributed by atoms with Crippen molar-refractivity contribution < 1.29 is 9.53 Å². The number of anilines is 2. The Bertz CT molecular complexity index is 461. The summed E-state index contributed by atoms with van der Waals surface area (Å²) in [5.74, 6) is 0.0661. The van der Waals surface area contributed by atoms with Gasteiger partial charge < -0.3 is 15.4 Å². The van der Waals surface area contributed by atoms with Gasteiger partial charge in [-0.25, -0.2) is 0 Å². The monoisotopic (exact) mass is 277 g/mol. The third-order valence-corrected chi connectivity index (χ3v) is 3.94. The van der Waals surface area contributed by atoms with E-state index in [9.17, 15) is 4.79 Å². The predicted octanol–water partition coefficient (Wildman–Crippen LogP) is 1.34. The van der Waals surface area contributed by atoms with E-state index in [1.165, 1.54) is 0 Å². The van der Waals surface area contributed by atoms with E-state index in [4.69, 9.17) is 10.5 Å². The van der Waals surface area contributed by atoms with Crippen molar-refractivity contribution in [2.24, 2.45) is 0 Å². The molecule has 5 heteroatoms. The molecule has 1 amide bonds. The minimum absolute atomic E-state index is 0.0661. The topological polar surface area (TPSA) is 58.8 Å². The predicted molar refractivity (Wildman–Crippen MR) is 80.7 cm³/mol. The van der Waals surface area contributed by atoms with Crippen LogP contribution in [0.1, 0.15) is 13.3 Å². The van der Waals surface area contributed by atoms with Crippen molar-refractivity contribution in [2.45, 2.75) is 25.5 Å². The van der Waals surface area contributed by atoms with Crippen LogP contribution in [0.15, 0.2) is 24.3 Å². The molecule has 0 radical (unpaired) electrons. The minimum atomic E-state index is 0.0661. The maximum atomic E-state index is 12.3. The van der Waals surface area contributed by atoms with Gasteiger partial charge in [0.25, 0.3) is 0 Å². The quantitative estimate of drug-likeness (QED) is 0.844. The van der Waals surface area contributed by atoms with Crippen molar-refractivity contribution in [3.8, 4) is 0 Å². The van der Waals surface area contributed by atoms with Crippen molar-refractivity contribution in [1.29, 1.82) is 0 Å². The van der Waals surface area contributed by atoms with Gasteiger partial charge in [0.05, 0.1) is 12.6 Å². The summed E-state index contributed by atoms with van der Waals surface area (Å²) < 4.78 is 5.55. The largest absolute Gasteiger partial charge is 0.399 e. The summed E-state index contributed by atoms with van der Waals surface area (Å²) in [5, 5.41) is 0. The molecular weight excluding hydrogens is 254 g/mol. The van der Waals surface area contributed by atoms with Gasteiger partial charge in [0, 0.05) is 31.1 Å². The second-order valence-corrected chi connectivity index (χ2v) is 5.39. The highest BCUT2D eigenvalue weighted by molar-refractivity contribution is 5.94. The van der Waals surface area contributed by atoms with Crippen molar-refractivity contribution in [2.75, 3.05) is 37.9 Å². The van der Waals surface area contributed by atoms with Crippen molar-refractivity contribution in [3.63, 3.8) is 0 Å². The van der Waals surface area contributed by atoms with Crippen molar-refractivity contribution in [1.82, 2.24) is 4.90 Å². The molecular formula is C15H23N3O2. The average Bonchev–Trinajstić information content (AvgIpc) is 2.85. The lowest BCUT2D eigenvalue weighted by molar-refractivity contribution is -0.119. The molecule has 110 valence electrons. The van der Waals surface area contributed by atoms with E-state index in [2.05, 4.69) is 11.8 Å². The molecule has 0 spiro atoms. The van der Waals surface area contributed by atoms with Gasteiger partial charge in [-0.05, 0) is 44.7 Å². The molecule has 2 unspecified atom stereocenters. The molecule has 1 heterocycles. The Morgan fingerprint density at radius 3 is 2.55 bits per heavy atom. The van der Waals surface area contributed by atoms with Crippen molar-refractivity contribution in [3.05, 3.63) is 24.3 Å². The summed E-state index contributed by atoms with van der Waals surface area (Å²) in [6.45, 7) is 3.22. The van der Waals surface area contributed by atoms with E-state index in [0.717, 1.165) is 18.7 Å². The number of hydrogen-bond acceptors (Lipinski definition) is 4. The molecule has 1 fully saturated rings. The van der Waals surface area contributed by atoms with Gasteiger partial charge in [-0.15, -0.1) is 0 Å². The first-order valence-corrected chi connectivity index (χ1v) is 6.93. The van der Waals surface area contributed by atoms with Gasteiger partial charge in [0.15, 0.2) is 0 Å². The summed E-state index contributed by atoms with van der Waals surface area (Å²) in [6.07, 6.45) is 1.17. The highest BCUT2D eigenvalue weighted by Crippen LogP contribution is 2.19. The Morgan fingerprint density at radius 2 is 2.00 bits per heavy atom. The van der Waals surface area contributed by atoms with E-state index in [1.54, 1.807) is 24.1 Å². The highest BCUT2D eigenvalue weighted by atomic mass is 16.5. The second-order valence-electron chi connectivity index (χ2n) is 5.39. The summed E-state index contributed by atoms with van der Waals surface area (Å²) in [4.78, 5) is 16.1. The maximum Gasteiger partial charge on any atom is 0.240 e. The Hall–Kier alpha value is -1.59. The number of likely N-dealkylation sites (N-methyl/N-ethyl adjacent to an activating group) is 2. The standard InChI is InChI=1S/C15H23N3O2/c1-11-14(8-9-20-11)17(2)10-15(19)18(3)13-6-4-12(16)5-7-13/h4-7,11,14H,8-10,16H2,1-3H3. The van der Waals surface area contributed by atoms with Gasteiger partial charge in [-0.3, -0.25) is 9.69 Å². The number of rotatable bonds is 4.